The standard InChI is InChI=1S/C11H9FO3/c12-9(11(13)14)5-7-6-15-10-4-2-1-3-8(7)10/h1-4,6,9H,5H2,(H,13,14). The number of aliphatic carboxylic acids is 1. The summed E-state index contributed by atoms with van der Waals surface area (Å²) >= 11 is 0. The van der Waals surface area contributed by atoms with E-state index in [-0.39, 0.29) is 6.42 Å². The van der Waals surface area contributed by atoms with E-state index in [9.17, 15) is 9.18 Å². The molecule has 78 valence electrons. The number of alkyl halides is 1. The second-order valence-electron chi connectivity index (χ2n) is 3.27. The molecule has 1 N–H and O–H groups in total. The van der Waals surface area contributed by atoms with Gasteiger partial charge in [0.25, 0.3) is 0 Å². The van der Waals surface area contributed by atoms with Crippen LogP contribution in [0.25, 0.3) is 11.0 Å². The number of hydrogen-bond donors (Lipinski definition) is 1. The third-order valence-electron chi connectivity index (χ3n) is 2.23. The number of hydrogen-bond acceptors (Lipinski definition) is 2. The second-order valence-corrected chi connectivity index (χ2v) is 3.27. The van der Waals surface area contributed by atoms with Gasteiger partial charge in [-0.25, -0.2) is 9.18 Å². The lowest BCUT2D eigenvalue weighted by Gasteiger charge is -2.00. The molecule has 0 aliphatic carbocycles. The first-order valence-electron chi connectivity index (χ1n) is 4.50. The fraction of sp³-hybridized carbons (Fsp3) is 0.182. The molecule has 2 rings (SSSR count). The van der Waals surface area contributed by atoms with Crippen molar-refractivity contribution in [3.8, 4) is 0 Å². The monoisotopic (exact) mass is 208 g/mol. The van der Waals surface area contributed by atoms with Crippen LogP contribution < -0.4 is 0 Å². The minimum absolute atomic E-state index is 0.160. The first kappa shape index (κ1) is 9.71. The number of rotatable bonds is 3. The van der Waals surface area contributed by atoms with Crippen molar-refractivity contribution in [2.75, 3.05) is 0 Å². The molecule has 15 heavy (non-hydrogen) atoms. The van der Waals surface area contributed by atoms with Crippen LogP contribution in [-0.4, -0.2) is 17.2 Å². The zero-order valence-corrected chi connectivity index (χ0v) is 7.81. The van der Waals surface area contributed by atoms with Crippen LogP contribution in [0.2, 0.25) is 0 Å². The summed E-state index contributed by atoms with van der Waals surface area (Å²) in [5.41, 5.74) is 1.23. The molecule has 0 amide bonds. The molecule has 0 spiro atoms. The second kappa shape index (κ2) is 3.73. The van der Waals surface area contributed by atoms with Crippen LogP contribution in [0.3, 0.4) is 0 Å². The van der Waals surface area contributed by atoms with Crippen molar-refractivity contribution >= 4 is 16.9 Å². The lowest BCUT2D eigenvalue weighted by molar-refractivity contribution is -0.142. The van der Waals surface area contributed by atoms with E-state index in [1.807, 2.05) is 0 Å². The summed E-state index contributed by atoms with van der Waals surface area (Å²) < 4.78 is 18.1. The van der Waals surface area contributed by atoms with E-state index >= 15 is 0 Å². The van der Waals surface area contributed by atoms with E-state index in [0.717, 1.165) is 5.39 Å². The van der Waals surface area contributed by atoms with Crippen LogP contribution >= 0.6 is 0 Å². The van der Waals surface area contributed by atoms with Gasteiger partial charge in [-0.1, -0.05) is 18.2 Å². The van der Waals surface area contributed by atoms with Crippen molar-refractivity contribution in [3.05, 3.63) is 36.1 Å². The normalized spacial score (nSPS) is 12.9. The zero-order chi connectivity index (χ0) is 10.8. The molecule has 1 heterocycles. The Morgan fingerprint density at radius 3 is 2.93 bits per heavy atom. The largest absolute Gasteiger partial charge is 0.479 e. The highest BCUT2D eigenvalue weighted by Crippen LogP contribution is 2.22. The topological polar surface area (TPSA) is 50.4 Å². The predicted molar refractivity (Wildman–Crippen MR) is 52.4 cm³/mol. The summed E-state index contributed by atoms with van der Waals surface area (Å²) in [6.45, 7) is 0. The highest BCUT2D eigenvalue weighted by Gasteiger charge is 2.18. The molecular formula is C11H9FO3. The Labute approximate surface area is 85.1 Å². The van der Waals surface area contributed by atoms with Crippen molar-refractivity contribution in [1.29, 1.82) is 0 Å². The minimum atomic E-state index is -1.88. The zero-order valence-electron chi connectivity index (χ0n) is 7.81. The summed E-state index contributed by atoms with van der Waals surface area (Å²) in [4.78, 5) is 10.4. The number of halogens is 1. The molecule has 2 aromatic rings. The minimum Gasteiger partial charge on any atom is -0.479 e. The predicted octanol–water partition coefficient (Wildman–Crippen LogP) is 2.40. The van der Waals surface area contributed by atoms with Crippen molar-refractivity contribution in [2.45, 2.75) is 12.6 Å². The van der Waals surface area contributed by atoms with Crippen molar-refractivity contribution in [3.63, 3.8) is 0 Å². The summed E-state index contributed by atoms with van der Waals surface area (Å²) in [5, 5.41) is 9.21. The average Bonchev–Trinajstić information content (AvgIpc) is 2.62. The molecule has 1 unspecified atom stereocenters. The SMILES string of the molecule is O=C(O)C(F)Cc1coc2ccccc12. The molecule has 0 aliphatic rings. The van der Waals surface area contributed by atoms with E-state index in [4.69, 9.17) is 9.52 Å². The number of fused-ring (bicyclic) bond motifs is 1. The van der Waals surface area contributed by atoms with Gasteiger partial charge >= 0.3 is 5.97 Å². The Bertz CT molecular complexity index is 489. The lowest BCUT2D eigenvalue weighted by atomic mass is 10.1. The molecule has 0 saturated heterocycles. The van der Waals surface area contributed by atoms with Gasteiger partial charge in [0.1, 0.15) is 5.58 Å². The Balaban J connectivity index is 2.32. The third-order valence-corrected chi connectivity index (χ3v) is 2.23. The molecule has 1 aromatic carbocycles. The highest BCUT2D eigenvalue weighted by molar-refractivity contribution is 5.82. The third kappa shape index (κ3) is 1.83. The van der Waals surface area contributed by atoms with E-state index in [1.165, 1.54) is 6.26 Å². The molecule has 0 bridgehead atoms. The van der Waals surface area contributed by atoms with Gasteiger partial charge in [-0.15, -0.1) is 0 Å². The lowest BCUT2D eigenvalue weighted by Crippen LogP contribution is -2.16. The van der Waals surface area contributed by atoms with Crippen LogP contribution in [0.5, 0.6) is 0 Å². The Morgan fingerprint density at radius 1 is 1.47 bits per heavy atom. The molecule has 0 saturated carbocycles. The first-order chi connectivity index (χ1) is 7.18. The van der Waals surface area contributed by atoms with Gasteiger partial charge in [-0.3, -0.25) is 0 Å². The smallest absolute Gasteiger partial charge is 0.338 e. The number of carboxylic acid groups (broad SMARTS) is 1. The van der Waals surface area contributed by atoms with Crippen molar-refractivity contribution in [1.82, 2.24) is 0 Å². The molecule has 1 aromatic heterocycles. The molecule has 4 heteroatoms. The van der Waals surface area contributed by atoms with Crippen LogP contribution in [0.4, 0.5) is 4.39 Å². The highest BCUT2D eigenvalue weighted by atomic mass is 19.1. The van der Waals surface area contributed by atoms with Gasteiger partial charge in [0.15, 0.2) is 0 Å². The average molecular weight is 208 g/mol. The van der Waals surface area contributed by atoms with Crippen LogP contribution in [-0.2, 0) is 11.2 Å². The van der Waals surface area contributed by atoms with Crippen molar-refractivity contribution in [2.24, 2.45) is 0 Å². The summed E-state index contributed by atoms with van der Waals surface area (Å²) in [6.07, 6.45) is -0.641. The van der Waals surface area contributed by atoms with E-state index in [0.29, 0.717) is 11.1 Å². The number of furan rings is 1. The quantitative estimate of drug-likeness (QED) is 0.842. The fourth-order valence-electron chi connectivity index (χ4n) is 1.47. The van der Waals surface area contributed by atoms with E-state index in [2.05, 4.69) is 0 Å². The molecule has 3 nitrogen and oxygen atoms in total. The Hall–Kier alpha value is -1.84. The van der Waals surface area contributed by atoms with E-state index < -0.39 is 12.1 Å². The molecular weight excluding hydrogens is 199 g/mol. The number of benzene rings is 1. The Kier molecular flexibility index (Phi) is 2.41. The molecule has 0 aliphatic heterocycles. The number of carboxylic acids is 1. The van der Waals surface area contributed by atoms with E-state index in [1.54, 1.807) is 24.3 Å². The van der Waals surface area contributed by atoms with Gasteiger partial charge in [-0.2, -0.15) is 0 Å². The fourth-order valence-corrected chi connectivity index (χ4v) is 1.47. The summed E-state index contributed by atoms with van der Waals surface area (Å²) in [6, 6.07) is 7.14. The first-order valence-corrected chi connectivity index (χ1v) is 4.50. The van der Waals surface area contributed by atoms with Gasteiger partial charge in [-0.05, 0) is 6.07 Å². The van der Waals surface area contributed by atoms with Gasteiger partial charge in [0, 0.05) is 17.4 Å². The van der Waals surface area contributed by atoms with Crippen LogP contribution in [0.1, 0.15) is 5.56 Å². The number of carbonyl (C=O) groups is 1. The van der Waals surface area contributed by atoms with Gasteiger partial charge < -0.3 is 9.52 Å². The van der Waals surface area contributed by atoms with Crippen LogP contribution in [0.15, 0.2) is 34.9 Å². The molecule has 1 atom stereocenters. The molecule has 0 radical (unpaired) electrons. The van der Waals surface area contributed by atoms with Gasteiger partial charge in [0.2, 0.25) is 6.17 Å². The maximum Gasteiger partial charge on any atom is 0.338 e. The summed E-state index contributed by atoms with van der Waals surface area (Å²) in [5.74, 6) is -1.44. The van der Waals surface area contributed by atoms with Gasteiger partial charge in [0.05, 0.1) is 6.26 Å². The summed E-state index contributed by atoms with van der Waals surface area (Å²) in [7, 11) is 0. The van der Waals surface area contributed by atoms with Crippen molar-refractivity contribution < 1.29 is 18.7 Å². The maximum atomic E-state index is 13.0. The Morgan fingerprint density at radius 2 is 2.20 bits per heavy atom. The van der Waals surface area contributed by atoms with Crippen LogP contribution in [0, 0.1) is 0 Å². The number of para-hydroxylation sites is 1. The molecule has 0 fully saturated rings. The maximum absolute atomic E-state index is 13.0.